The summed E-state index contributed by atoms with van der Waals surface area (Å²) in [4.78, 5) is 10.1. The summed E-state index contributed by atoms with van der Waals surface area (Å²) >= 11 is 0. The summed E-state index contributed by atoms with van der Waals surface area (Å²) in [6.45, 7) is 8.06. The van der Waals surface area contributed by atoms with Crippen molar-refractivity contribution in [2.24, 2.45) is 0 Å². The molecule has 0 aromatic rings. The quantitative estimate of drug-likeness (QED) is 0.516. The van der Waals surface area contributed by atoms with Gasteiger partial charge in [-0.1, -0.05) is 13.8 Å². The van der Waals surface area contributed by atoms with E-state index in [0.717, 1.165) is 32.5 Å². The Bertz CT molecular complexity index is 133. The van der Waals surface area contributed by atoms with Gasteiger partial charge in [-0.15, -0.1) is 0 Å². The molecule has 0 aliphatic heterocycles. The topological polar surface area (TPSA) is 55.8 Å². The van der Waals surface area contributed by atoms with E-state index in [-0.39, 0.29) is 12.6 Å². The van der Waals surface area contributed by atoms with Crippen LogP contribution in [0.4, 0.5) is 0 Å². The lowest BCUT2D eigenvalue weighted by Crippen LogP contribution is -2.00. The van der Waals surface area contributed by atoms with E-state index in [9.17, 15) is 4.79 Å². The summed E-state index contributed by atoms with van der Waals surface area (Å²) < 4.78 is 9.73. The molecule has 0 fully saturated rings. The zero-order valence-corrected chi connectivity index (χ0v) is 10.8. The Morgan fingerprint density at radius 1 is 1.06 bits per heavy atom. The number of carbonyl (C=O) groups is 1. The van der Waals surface area contributed by atoms with Crippen molar-refractivity contribution in [1.82, 2.24) is 0 Å². The maximum absolute atomic E-state index is 10.1. The molecule has 0 rings (SSSR count). The maximum Gasteiger partial charge on any atom is 0.302 e. The van der Waals surface area contributed by atoms with Gasteiger partial charge in [-0.05, 0) is 25.7 Å². The van der Waals surface area contributed by atoms with Crippen LogP contribution in [-0.2, 0) is 14.3 Å². The van der Waals surface area contributed by atoms with Gasteiger partial charge >= 0.3 is 5.97 Å². The van der Waals surface area contributed by atoms with Gasteiger partial charge in [0.05, 0.1) is 6.61 Å². The van der Waals surface area contributed by atoms with Crippen LogP contribution in [-0.4, -0.2) is 37.5 Å². The number of aliphatic hydroxyl groups excluding tert-OH is 1. The molecule has 0 unspecified atom stereocenters. The van der Waals surface area contributed by atoms with E-state index in [4.69, 9.17) is 9.84 Å². The van der Waals surface area contributed by atoms with E-state index in [1.54, 1.807) is 0 Å². The van der Waals surface area contributed by atoms with Crippen LogP contribution in [0.5, 0.6) is 0 Å². The number of rotatable bonds is 8. The normalized spacial score (nSPS) is 9.25. The fourth-order valence-corrected chi connectivity index (χ4v) is 0.821. The highest BCUT2D eigenvalue weighted by atomic mass is 16.5. The van der Waals surface area contributed by atoms with E-state index < -0.39 is 0 Å². The number of carbonyl (C=O) groups excluding carboxylic acids is 1. The van der Waals surface area contributed by atoms with Crippen LogP contribution in [0.3, 0.4) is 0 Å². The van der Waals surface area contributed by atoms with Crippen molar-refractivity contribution in [3.05, 3.63) is 0 Å². The zero-order chi connectivity index (χ0) is 12.6. The summed E-state index contributed by atoms with van der Waals surface area (Å²) in [5.41, 5.74) is 0. The second-order valence-corrected chi connectivity index (χ2v) is 3.38. The average molecular weight is 234 g/mol. The Morgan fingerprint density at radius 2 is 1.62 bits per heavy atom. The molecule has 0 spiro atoms. The summed E-state index contributed by atoms with van der Waals surface area (Å²) in [5.74, 6) is -0.257. The lowest BCUT2D eigenvalue weighted by atomic mass is 10.3. The van der Waals surface area contributed by atoms with Crippen molar-refractivity contribution in [2.45, 2.75) is 46.5 Å². The Kier molecular flexibility index (Phi) is 18.7. The van der Waals surface area contributed by atoms with Gasteiger partial charge in [-0.3, -0.25) is 4.79 Å². The number of ether oxygens (including phenoxy) is 2. The van der Waals surface area contributed by atoms with E-state index in [1.165, 1.54) is 6.92 Å². The monoisotopic (exact) mass is 234 g/mol. The molecule has 0 aromatic heterocycles. The summed E-state index contributed by atoms with van der Waals surface area (Å²) in [6, 6.07) is 0. The van der Waals surface area contributed by atoms with Crippen molar-refractivity contribution in [3.63, 3.8) is 0 Å². The maximum atomic E-state index is 10.1. The van der Waals surface area contributed by atoms with Crippen LogP contribution in [0.15, 0.2) is 0 Å². The van der Waals surface area contributed by atoms with Crippen LogP contribution in [0.2, 0.25) is 0 Å². The first kappa shape index (κ1) is 17.8. The number of aliphatic hydroxyl groups is 1. The second-order valence-electron chi connectivity index (χ2n) is 3.38. The smallest absolute Gasteiger partial charge is 0.302 e. The molecule has 0 aromatic carbocycles. The SMILES string of the molecule is CC(=O)OCCCCO.CCCOCCC. The highest BCUT2D eigenvalue weighted by Crippen LogP contribution is 1.87. The molecule has 0 atom stereocenters. The molecule has 0 aliphatic carbocycles. The molecule has 98 valence electrons. The predicted octanol–water partition coefficient (Wildman–Crippen LogP) is 2.15. The summed E-state index contributed by atoms with van der Waals surface area (Å²) in [6.07, 6.45) is 3.73. The van der Waals surface area contributed by atoms with Crippen LogP contribution >= 0.6 is 0 Å². The number of hydrogen-bond donors (Lipinski definition) is 1. The summed E-state index contributed by atoms with van der Waals surface area (Å²) in [7, 11) is 0. The fraction of sp³-hybridized carbons (Fsp3) is 0.917. The van der Waals surface area contributed by atoms with Crippen molar-refractivity contribution in [3.8, 4) is 0 Å². The third kappa shape index (κ3) is 23.3. The minimum atomic E-state index is -0.257. The van der Waals surface area contributed by atoms with Gasteiger partial charge in [0.2, 0.25) is 0 Å². The molecule has 0 radical (unpaired) electrons. The van der Waals surface area contributed by atoms with E-state index in [0.29, 0.717) is 13.0 Å². The van der Waals surface area contributed by atoms with Crippen molar-refractivity contribution in [2.75, 3.05) is 26.4 Å². The lowest BCUT2D eigenvalue weighted by molar-refractivity contribution is -0.141. The Hall–Kier alpha value is -0.610. The Balaban J connectivity index is 0. The molecule has 1 N–H and O–H groups in total. The van der Waals surface area contributed by atoms with Crippen molar-refractivity contribution >= 4 is 5.97 Å². The van der Waals surface area contributed by atoms with Gasteiger partial charge < -0.3 is 14.6 Å². The minimum Gasteiger partial charge on any atom is -0.466 e. The summed E-state index contributed by atoms with van der Waals surface area (Å²) in [5, 5.41) is 8.29. The largest absolute Gasteiger partial charge is 0.466 e. The third-order valence-corrected chi connectivity index (χ3v) is 1.55. The van der Waals surface area contributed by atoms with Gasteiger partial charge in [0.25, 0.3) is 0 Å². The molecule has 0 bridgehead atoms. The molecule has 16 heavy (non-hydrogen) atoms. The van der Waals surface area contributed by atoms with Crippen LogP contribution in [0, 0.1) is 0 Å². The first-order valence-electron chi connectivity index (χ1n) is 6.00. The highest BCUT2D eigenvalue weighted by Gasteiger charge is 1.90. The van der Waals surface area contributed by atoms with E-state index in [1.807, 2.05) is 0 Å². The van der Waals surface area contributed by atoms with Crippen LogP contribution in [0.1, 0.15) is 46.5 Å². The van der Waals surface area contributed by atoms with Gasteiger partial charge in [0.15, 0.2) is 0 Å². The number of hydrogen-bond acceptors (Lipinski definition) is 4. The molecule has 0 saturated heterocycles. The van der Waals surface area contributed by atoms with Gasteiger partial charge in [0.1, 0.15) is 0 Å². The highest BCUT2D eigenvalue weighted by molar-refractivity contribution is 5.65. The molecule has 4 heteroatoms. The zero-order valence-electron chi connectivity index (χ0n) is 10.8. The Labute approximate surface area is 98.9 Å². The van der Waals surface area contributed by atoms with Crippen molar-refractivity contribution < 1.29 is 19.4 Å². The fourth-order valence-electron chi connectivity index (χ4n) is 0.821. The molecule has 0 aliphatic rings. The molecule has 0 heterocycles. The lowest BCUT2D eigenvalue weighted by Gasteiger charge is -1.97. The molecular weight excluding hydrogens is 208 g/mol. The minimum absolute atomic E-state index is 0.168. The molecule has 0 saturated carbocycles. The van der Waals surface area contributed by atoms with Crippen molar-refractivity contribution in [1.29, 1.82) is 0 Å². The molecular formula is C12H26O4. The van der Waals surface area contributed by atoms with Gasteiger partial charge in [-0.25, -0.2) is 0 Å². The first-order chi connectivity index (χ1) is 7.68. The van der Waals surface area contributed by atoms with Crippen LogP contribution < -0.4 is 0 Å². The predicted molar refractivity (Wildman–Crippen MR) is 64.4 cm³/mol. The number of unbranched alkanes of at least 4 members (excludes halogenated alkanes) is 1. The third-order valence-electron chi connectivity index (χ3n) is 1.55. The van der Waals surface area contributed by atoms with E-state index >= 15 is 0 Å². The Morgan fingerprint density at radius 3 is 2.00 bits per heavy atom. The number of esters is 1. The van der Waals surface area contributed by atoms with E-state index in [2.05, 4.69) is 18.6 Å². The van der Waals surface area contributed by atoms with Crippen LogP contribution in [0.25, 0.3) is 0 Å². The molecule has 4 nitrogen and oxygen atoms in total. The van der Waals surface area contributed by atoms with Gasteiger partial charge in [0, 0.05) is 26.7 Å². The standard InChI is InChI=1S/C6H12O3.C6H14O/c1-6(8)9-5-3-2-4-7;1-3-5-7-6-4-2/h7H,2-5H2,1H3;3-6H2,1-2H3. The van der Waals surface area contributed by atoms with Gasteiger partial charge in [-0.2, -0.15) is 0 Å². The first-order valence-corrected chi connectivity index (χ1v) is 6.00. The molecule has 0 amide bonds. The average Bonchev–Trinajstić information content (AvgIpc) is 2.26. The second kappa shape index (κ2) is 16.8.